The second-order valence-electron chi connectivity index (χ2n) is 6.46. The number of fused-ring (bicyclic) bond motifs is 1. The van der Waals surface area contributed by atoms with Gasteiger partial charge >= 0.3 is 0 Å². The van der Waals surface area contributed by atoms with Crippen LogP contribution >= 0.6 is 11.6 Å². The van der Waals surface area contributed by atoms with E-state index in [0.29, 0.717) is 28.8 Å². The first-order valence-electron chi connectivity index (χ1n) is 8.86. The number of ether oxygens (including phenoxy) is 2. The lowest BCUT2D eigenvalue weighted by Gasteiger charge is -2.21. The Labute approximate surface area is 174 Å². The Kier molecular flexibility index (Phi) is 6.34. The summed E-state index contributed by atoms with van der Waals surface area (Å²) in [5.74, 6) is 0.565. The van der Waals surface area contributed by atoms with Crippen LogP contribution in [0.2, 0.25) is 5.02 Å². The molecule has 154 valence electrons. The number of benzene rings is 2. The van der Waals surface area contributed by atoms with Crippen LogP contribution in [0.1, 0.15) is 6.42 Å². The highest BCUT2D eigenvalue weighted by Gasteiger charge is 2.31. The van der Waals surface area contributed by atoms with E-state index in [0.717, 1.165) is 6.26 Å². The van der Waals surface area contributed by atoms with Crippen molar-refractivity contribution in [2.24, 2.45) is 0 Å². The minimum absolute atomic E-state index is 0.0958. The molecular weight excluding hydrogens is 416 g/mol. The fourth-order valence-electron chi connectivity index (χ4n) is 2.89. The van der Waals surface area contributed by atoms with E-state index in [1.807, 2.05) is 0 Å². The number of sulfonamides is 1. The van der Waals surface area contributed by atoms with Crippen LogP contribution in [0.4, 0.5) is 11.4 Å². The third kappa shape index (κ3) is 5.21. The van der Waals surface area contributed by atoms with Crippen LogP contribution in [0.5, 0.6) is 11.5 Å². The molecule has 1 N–H and O–H groups in total. The quantitative estimate of drug-likeness (QED) is 0.701. The number of halogens is 1. The molecule has 1 amide bonds. The van der Waals surface area contributed by atoms with Gasteiger partial charge in [-0.15, -0.1) is 0 Å². The Balaban J connectivity index is 1.77. The Morgan fingerprint density at radius 2 is 2.07 bits per heavy atom. The molecule has 2 aromatic carbocycles. The number of rotatable bonds is 6. The van der Waals surface area contributed by atoms with Gasteiger partial charge in [-0.2, -0.15) is 0 Å². The predicted octanol–water partition coefficient (Wildman–Crippen LogP) is 3.46. The minimum Gasteiger partial charge on any atom is -0.490 e. The zero-order chi connectivity index (χ0) is 21.0. The molecule has 3 rings (SSSR count). The summed E-state index contributed by atoms with van der Waals surface area (Å²) in [6.45, 7) is 4.08. The van der Waals surface area contributed by atoms with Crippen molar-refractivity contribution >= 4 is 38.9 Å². The van der Waals surface area contributed by atoms with Gasteiger partial charge in [0.1, 0.15) is 18.1 Å². The number of carbonyl (C=O) groups is 1. The fourth-order valence-corrected chi connectivity index (χ4v) is 4.00. The van der Waals surface area contributed by atoms with Gasteiger partial charge < -0.3 is 14.8 Å². The molecule has 1 unspecified atom stereocenters. The maximum Gasteiger partial charge on any atom is 0.265 e. The summed E-state index contributed by atoms with van der Waals surface area (Å²) in [5.41, 5.74) is 0.893. The number of amides is 1. The van der Waals surface area contributed by atoms with Crippen molar-refractivity contribution < 1.29 is 22.7 Å². The Hall–Kier alpha value is -2.71. The average molecular weight is 437 g/mol. The molecule has 0 saturated carbocycles. The molecule has 9 heteroatoms. The molecule has 7 nitrogen and oxygen atoms in total. The molecule has 1 aliphatic heterocycles. The molecule has 0 aromatic heterocycles. The second kappa shape index (κ2) is 8.75. The van der Waals surface area contributed by atoms with Gasteiger partial charge in [0.15, 0.2) is 6.10 Å². The van der Waals surface area contributed by atoms with Crippen molar-refractivity contribution in [3.63, 3.8) is 0 Å². The van der Waals surface area contributed by atoms with E-state index in [9.17, 15) is 13.2 Å². The highest BCUT2D eigenvalue weighted by Crippen LogP contribution is 2.36. The summed E-state index contributed by atoms with van der Waals surface area (Å²) < 4.78 is 36.8. The number of nitrogens with one attached hydrogen (secondary N) is 1. The molecule has 0 fully saturated rings. The lowest BCUT2D eigenvalue weighted by atomic mass is 10.2. The average Bonchev–Trinajstić information content (AvgIpc) is 2.86. The highest BCUT2D eigenvalue weighted by atomic mass is 35.5. The van der Waals surface area contributed by atoms with Crippen LogP contribution in [0, 0.1) is 0 Å². The third-order valence-electron chi connectivity index (χ3n) is 4.24. The lowest BCUT2D eigenvalue weighted by Crippen LogP contribution is -2.35. The van der Waals surface area contributed by atoms with Crippen molar-refractivity contribution in [1.82, 2.24) is 0 Å². The summed E-state index contributed by atoms with van der Waals surface area (Å²) in [7, 11) is -3.56. The van der Waals surface area contributed by atoms with Crippen LogP contribution in [0.25, 0.3) is 0 Å². The Morgan fingerprint density at radius 3 is 2.72 bits per heavy atom. The van der Waals surface area contributed by atoms with Gasteiger partial charge in [-0.3, -0.25) is 9.10 Å². The molecule has 0 spiro atoms. The monoisotopic (exact) mass is 436 g/mol. The fraction of sp³-hybridized carbons (Fsp3) is 0.250. The Morgan fingerprint density at radius 1 is 1.34 bits per heavy atom. The van der Waals surface area contributed by atoms with E-state index >= 15 is 0 Å². The van der Waals surface area contributed by atoms with E-state index in [-0.39, 0.29) is 24.6 Å². The first-order valence-corrected chi connectivity index (χ1v) is 11.1. The first-order chi connectivity index (χ1) is 13.8. The molecule has 0 bridgehead atoms. The predicted molar refractivity (Wildman–Crippen MR) is 113 cm³/mol. The number of hydrogen-bond donors (Lipinski definition) is 1. The summed E-state index contributed by atoms with van der Waals surface area (Å²) in [5, 5.41) is 3.16. The zero-order valence-electron chi connectivity index (χ0n) is 15.8. The van der Waals surface area contributed by atoms with Crippen LogP contribution < -0.4 is 19.1 Å². The van der Waals surface area contributed by atoms with Gasteiger partial charge in [-0.25, -0.2) is 8.42 Å². The largest absolute Gasteiger partial charge is 0.490 e. The molecule has 29 heavy (non-hydrogen) atoms. The van der Waals surface area contributed by atoms with Crippen LogP contribution in [0.15, 0.2) is 55.1 Å². The van der Waals surface area contributed by atoms with Gasteiger partial charge in [-0.05, 0) is 42.5 Å². The number of anilines is 2. The zero-order valence-corrected chi connectivity index (χ0v) is 17.4. The van der Waals surface area contributed by atoms with E-state index in [1.165, 1.54) is 10.4 Å². The van der Waals surface area contributed by atoms with Crippen LogP contribution in [0.3, 0.4) is 0 Å². The van der Waals surface area contributed by atoms with Crippen molar-refractivity contribution in [1.29, 1.82) is 0 Å². The van der Waals surface area contributed by atoms with Gasteiger partial charge in [0.2, 0.25) is 10.0 Å². The molecule has 2 aromatic rings. The summed E-state index contributed by atoms with van der Waals surface area (Å²) in [6, 6.07) is 11.6. The second-order valence-corrected chi connectivity index (χ2v) is 8.80. The van der Waals surface area contributed by atoms with Crippen molar-refractivity contribution in [3.05, 3.63) is 60.1 Å². The maximum absolute atomic E-state index is 12.7. The molecule has 0 saturated heterocycles. The molecule has 0 radical (unpaired) electrons. The lowest BCUT2D eigenvalue weighted by molar-refractivity contribution is -0.122. The van der Waals surface area contributed by atoms with Crippen LogP contribution in [-0.4, -0.2) is 39.8 Å². The van der Waals surface area contributed by atoms with E-state index in [2.05, 4.69) is 11.9 Å². The number of carbonyl (C=O) groups excluding carboxylic acids is 1. The SMILES string of the molecule is C=CCOc1ccc(NC(=O)C2CCN(S(C)(=O)=O)c3cc(Cl)ccc3O2)cc1. The maximum atomic E-state index is 12.7. The first kappa shape index (κ1) is 21.0. The standard InChI is InChI=1S/C20H21ClN2O5S/c1-3-12-27-16-7-5-15(6-8-16)22-20(24)19-10-11-23(29(2,25)26)17-13-14(21)4-9-18(17)28-19/h3-9,13,19H,1,10-12H2,2H3,(H,22,24). The van der Waals surface area contributed by atoms with Crippen LogP contribution in [-0.2, 0) is 14.8 Å². The smallest absolute Gasteiger partial charge is 0.265 e. The summed E-state index contributed by atoms with van der Waals surface area (Å²) in [6.07, 6.45) is 2.07. The highest BCUT2D eigenvalue weighted by molar-refractivity contribution is 7.92. The molecule has 1 atom stereocenters. The van der Waals surface area contributed by atoms with Crippen molar-refractivity contribution in [2.45, 2.75) is 12.5 Å². The molecular formula is C20H21ClN2O5S. The molecule has 0 aliphatic carbocycles. The van der Waals surface area contributed by atoms with Gasteiger partial charge in [0.05, 0.1) is 11.9 Å². The number of nitrogens with zero attached hydrogens (tertiary/aromatic N) is 1. The summed E-state index contributed by atoms with van der Waals surface area (Å²) >= 11 is 6.02. The normalized spacial score (nSPS) is 16.2. The van der Waals surface area contributed by atoms with Gasteiger partial charge in [-0.1, -0.05) is 24.3 Å². The third-order valence-corrected chi connectivity index (χ3v) is 5.65. The van der Waals surface area contributed by atoms with Gasteiger partial charge in [0, 0.05) is 23.7 Å². The van der Waals surface area contributed by atoms with Crippen molar-refractivity contribution in [3.8, 4) is 11.5 Å². The summed E-state index contributed by atoms with van der Waals surface area (Å²) in [4.78, 5) is 12.7. The van der Waals surface area contributed by atoms with Gasteiger partial charge in [0.25, 0.3) is 5.91 Å². The number of hydrogen-bond acceptors (Lipinski definition) is 5. The molecule has 1 aliphatic rings. The van der Waals surface area contributed by atoms with E-state index < -0.39 is 16.1 Å². The van der Waals surface area contributed by atoms with E-state index in [1.54, 1.807) is 42.5 Å². The Bertz CT molecular complexity index is 1010. The topological polar surface area (TPSA) is 84.9 Å². The van der Waals surface area contributed by atoms with E-state index in [4.69, 9.17) is 21.1 Å². The van der Waals surface area contributed by atoms with Crippen molar-refractivity contribution in [2.75, 3.05) is 29.0 Å². The minimum atomic E-state index is -3.56. The molecule has 1 heterocycles.